The molecule has 2 N–H and O–H groups in total. The number of aryl methyl sites for hydroxylation is 1. The second kappa shape index (κ2) is 7.33. The van der Waals surface area contributed by atoms with Gasteiger partial charge in [0, 0.05) is 30.5 Å². The number of aromatic amines is 1. The van der Waals surface area contributed by atoms with Crippen LogP contribution in [0.2, 0.25) is 0 Å². The molecule has 0 atom stereocenters. The number of benzene rings is 1. The highest BCUT2D eigenvalue weighted by Gasteiger charge is 2.23. The predicted molar refractivity (Wildman–Crippen MR) is 90.7 cm³/mol. The minimum absolute atomic E-state index is 0.0645. The average Bonchev–Trinajstić information content (AvgIpc) is 3.44. The number of nitrogens with one attached hydrogen (secondary N) is 2. The highest BCUT2D eigenvalue weighted by atomic mass is 16.5. The SMILES string of the molecule is COc1cc(OC)cc(-c2nnc(CCC(=O)NC3CC3)c(=O)[nH]2)c1. The number of rotatable bonds is 7. The van der Waals surface area contributed by atoms with Gasteiger partial charge in [-0.3, -0.25) is 9.59 Å². The number of ether oxygens (including phenoxy) is 2. The summed E-state index contributed by atoms with van der Waals surface area (Å²) in [6.45, 7) is 0. The summed E-state index contributed by atoms with van der Waals surface area (Å²) < 4.78 is 10.4. The lowest BCUT2D eigenvalue weighted by molar-refractivity contribution is -0.121. The zero-order valence-corrected chi connectivity index (χ0v) is 14.2. The largest absolute Gasteiger partial charge is 0.497 e. The summed E-state index contributed by atoms with van der Waals surface area (Å²) in [6, 6.07) is 5.49. The van der Waals surface area contributed by atoms with Gasteiger partial charge in [-0.25, -0.2) is 0 Å². The summed E-state index contributed by atoms with van der Waals surface area (Å²) in [7, 11) is 3.09. The molecule has 3 rings (SSSR count). The molecule has 1 heterocycles. The average molecular weight is 344 g/mol. The van der Waals surface area contributed by atoms with Crippen LogP contribution in [0.15, 0.2) is 23.0 Å². The van der Waals surface area contributed by atoms with Crippen LogP contribution in [-0.4, -0.2) is 41.3 Å². The quantitative estimate of drug-likeness (QED) is 0.778. The van der Waals surface area contributed by atoms with Crippen molar-refractivity contribution in [3.63, 3.8) is 0 Å². The van der Waals surface area contributed by atoms with Gasteiger partial charge in [-0.1, -0.05) is 0 Å². The number of amides is 1. The van der Waals surface area contributed by atoms with E-state index < -0.39 is 0 Å². The van der Waals surface area contributed by atoms with Crippen molar-refractivity contribution in [2.45, 2.75) is 31.7 Å². The Morgan fingerprint density at radius 3 is 2.44 bits per heavy atom. The van der Waals surface area contributed by atoms with Gasteiger partial charge in [0.1, 0.15) is 17.2 Å². The molecule has 132 valence electrons. The lowest BCUT2D eigenvalue weighted by Gasteiger charge is -2.08. The normalized spacial score (nSPS) is 13.4. The molecule has 1 aromatic carbocycles. The second-order valence-corrected chi connectivity index (χ2v) is 5.89. The van der Waals surface area contributed by atoms with E-state index in [1.54, 1.807) is 32.4 Å². The van der Waals surface area contributed by atoms with E-state index in [1.165, 1.54) is 0 Å². The molecule has 1 fully saturated rings. The molecule has 1 aromatic heterocycles. The summed E-state index contributed by atoms with van der Waals surface area (Å²) in [5, 5.41) is 10.9. The van der Waals surface area contributed by atoms with Gasteiger partial charge in [0.2, 0.25) is 5.91 Å². The fraction of sp³-hybridized carbons (Fsp3) is 0.412. The topological polar surface area (TPSA) is 106 Å². The molecule has 0 radical (unpaired) electrons. The van der Waals surface area contributed by atoms with Crippen LogP contribution in [0.4, 0.5) is 0 Å². The fourth-order valence-electron chi connectivity index (χ4n) is 2.36. The number of hydrogen-bond donors (Lipinski definition) is 2. The van der Waals surface area contributed by atoms with E-state index in [4.69, 9.17) is 9.47 Å². The molecule has 1 aliphatic carbocycles. The van der Waals surface area contributed by atoms with Crippen molar-refractivity contribution < 1.29 is 14.3 Å². The molecule has 0 saturated heterocycles. The number of nitrogens with zero attached hydrogens (tertiary/aromatic N) is 2. The van der Waals surface area contributed by atoms with Crippen LogP contribution in [0.1, 0.15) is 25.0 Å². The first-order valence-electron chi connectivity index (χ1n) is 8.07. The van der Waals surface area contributed by atoms with Crippen molar-refractivity contribution >= 4 is 5.91 Å². The van der Waals surface area contributed by atoms with E-state index >= 15 is 0 Å². The Hall–Kier alpha value is -2.90. The standard InChI is InChI=1S/C17H20N4O4/c1-24-12-7-10(8-13(9-12)25-2)16-19-17(23)14(20-21-16)5-6-15(22)18-11-3-4-11/h7-9,11H,3-6H2,1-2H3,(H,18,22)(H,19,21,23). The third-order valence-corrected chi connectivity index (χ3v) is 3.92. The molecular weight excluding hydrogens is 324 g/mol. The fourth-order valence-corrected chi connectivity index (χ4v) is 2.36. The monoisotopic (exact) mass is 344 g/mol. The molecule has 8 heteroatoms. The van der Waals surface area contributed by atoms with Crippen LogP contribution in [0.3, 0.4) is 0 Å². The van der Waals surface area contributed by atoms with Gasteiger partial charge in [0.15, 0.2) is 5.82 Å². The summed E-state index contributed by atoms with van der Waals surface area (Å²) in [5.41, 5.74) is 0.509. The van der Waals surface area contributed by atoms with E-state index in [9.17, 15) is 9.59 Å². The summed E-state index contributed by atoms with van der Waals surface area (Å²) in [6.07, 6.45) is 2.54. The molecule has 1 saturated carbocycles. The summed E-state index contributed by atoms with van der Waals surface area (Å²) >= 11 is 0. The van der Waals surface area contributed by atoms with Crippen LogP contribution < -0.4 is 20.3 Å². The minimum Gasteiger partial charge on any atom is -0.497 e. The first-order chi connectivity index (χ1) is 12.1. The molecule has 25 heavy (non-hydrogen) atoms. The van der Waals surface area contributed by atoms with Gasteiger partial charge in [-0.05, 0) is 25.0 Å². The van der Waals surface area contributed by atoms with Crippen LogP contribution >= 0.6 is 0 Å². The number of hydrogen-bond acceptors (Lipinski definition) is 6. The molecule has 0 spiro atoms. The number of carbonyl (C=O) groups excluding carboxylic acids is 1. The highest BCUT2D eigenvalue weighted by molar-refractivity contribution is 5.76. The van der Waals surface area contributed by atoms with Crippen LogP contribution in [0, 0.1) is 0 Å². The maximum atomic E-state index is 12.2. The molecule has 0 bridgehead atoms. The Bertz CT molecular complexity index is 807. The van der Waals surface area contributed by atoms with E-state index in [2.05, 4.69) is 20.5 Å². The maximum Gasteiger partial charge on any atom is 0.273 e. The third kappa shape index (κ3) is 4.34. The summed E-state index contributed by atoms with van der Waals surface area (Å²) in [4.78, 5) is 26.6. The number of carbonyl (C=O) groups is 1. The molecule has 8 nitrogen and oxygen atoms in total. The zero-order valence-electron chi connectivity index (χ0n) is 14.2. The van der Waals surface area contributed by atoms with Crippen LogP contribution in [0.5, 0.6) is 11.5 Å². The number of H-pyrrole nitrogens is 1. The second-order valence-electron chi connectivity index (χ2n) is 5.89. The van der Waals surface area contributed by atoms with Crippen molar-refractivity contribution in [1.29, 1.82) is 0 Å². The lowest BCUT2D eigenvalue weighted by atomic mass is 10.2. The van der Waals surface area contributed by atoms with Crippen molar-refractivity contribution in [3.05, 3.63) is 34.2 Å². The van der Waals surface area contributed by atoms with Crippen molar-refractivity contribution in [3.8, 4) is 22.9 Å². The molecular formula is C17H20N4O4. The number of aromatic nitrogens is 3. The van der Waals surface area contributed by atoms with E-state index in [0.29, 0.717) is 28.9 Å². The smallest absolute Gasteiger partial charge is 0.273 e. The summed E-state index contributed by atoms with van der Waals surface area (Å²) in [5.74, 6) is 1.41. The number of methoxy groups -OCH3 is 2. The first-order valence-corrected chi connectivity index (χ1v) is 8.07. The van der Waals surface area contributed by atoms with Crippen molar-refractivity contribution in [2.75, 3.05) is 14.2 Å². The zero-order chi connectivity index (χ0) is 17.8. The molecule has 0 unspecified atom stereocenters. The predicted octanol–water partition coefficient (Wildman–Crippen LogP) is 1.06. The Morgan fingerprint density at radius 1 is 1.20 bits per heavy atom. The van der Waals surface area contributed by atoms with Crippen LogP contribution in [0.25, 0.3) is 11.4 Å². The van der Waals surface area contributed by atoms with Gasteiger partial charge in [-0.15, -0.1) is 10.2 Å². The van der Waals surface area contributed by atoms with Crippen molar-refractivity contribution in [1.82, 2.24) is 20.5 Å². The third-order valence-electron chi connectivity index (χ3n) is 3.92. The Kier molecular flexibility index (Phi) is 4.97. The Morgan fingerprint density at radius 2 is 1.88 bits per heavy atom. The van der Waals surface area contributed by atoms with E-state index in [1.807, 2.05) is 0 Å². The first kappa shape index (κ1) is 16.9. The minimum atomic E-state index is -0.356. The highest BCUT2D eigenvalue weighted by Crippen LogP contribution is 2.27. The van der Waals surface area contributed by atoms with Gasteiger partial charge in [0.05, 0.1) is 14.2 Å². The van der Waals surface area contributed by atoms with E-state index in [-0.39, 0.29) is 30.0 Å². The van der Waals surface area contributed by atoms with Gasteiger partial charge in [-0.2, -0.15) is 0 Å². The Labute approximate surface area is 144 Å². The van der Waals surface area contributed by atoms with Gasteiger partial charge >= 0.3 is 0 Å². The Balaban J connectivity index is 1.75. The van der Waals surface area contributed by atoms with Crippen LogP contribution in [-0.2, 0) is 11.2 Å². The lowest BCUT2D eigenvalue weighted by Crippen LogP contribution is -2.27. The van der Waals surface area contributed by atoms with E-state index in [0.717, 1.165) is 12.8 Å². The maximum absolute atomic E-state index is 12.2. The molecule has 1 amide bonds. The molecule has 0 aliphatic heterocycles. The van der Waals surface area contributed by atoms with Gasteiger partial charge < -0.3 is 19.8 Å². The molecule has 2 aromatic rings. The van der Waals surface area contributed by atoms with Crippen molar-refractivity contribution in [2.24, 2.45) is 0 Å². The molecule has 1 aliphatic rings. The van der Waals surface area contributed by atoms with Gasteiger partial charge in [0.25, 0.3) is 5.56 Å².